The van der Waals surface area contributed by atoms with Gasteiger partial charge in [0.1, 0.15) is 0 Å². The summed E-state index contributed by atoms with van der Waals surface area (Å²) in [5.41, 5.74) is 1.70. The predicted octanol–water partition coefficient (Wildman–Crippen LogP) is 1.73. The lowest BCUT2D eigenvalue weighted by Gasteiger charge is -2.15. The smallest absolute Gasteiger partial charge is 0.359 e. The molecule has 0 fully saturated rings. The molecular formula is C16H18N4O3. The Morgan fingerprint density at radius 3 is 2.43 bits per heavy atom. The second kappa shape index (κ2) is 7.35. The van der Waals surface area contributed by atoms with Gasteiger partial charge in [0.2, 0.25) is 0 Å². The SMILES string of the molecule is C[C@@H](OC(=O)c1cnccn1)C(=O)Nc1ccc(N(C)C)cc1. The summed E-state index contributed by atoms with van der Waals surface area (Å²) in [5.74, 6) is -1.11. The second-order valence-electron chi connectivity index (χ2n) is 5.07. The molecule has 0 spiro atoms. The van der Waals surface area contributed by atoms with Crippen LogP contribution < -0.4 is 10.2 Å². The number of anilines is 2. The molecule has 1 amide bonds. The number of carbonyl (C=O) groups is 2. The first-order valence-corrected chi connectivity index (χ1v) is 7.02. The number of amides is 1. The van der Waals surface area contributed by atoms with Crippen LogP contribution in [0.25, 0.3) is 0 Å². The molecule has 1 aromatic heterocycles. The average molecular weight is 314 g/mol. The van der Waals surface area contributed by atoms with Gasteiger partial charge in [-0.15, -0.1) is 0 Å². The molecule has 1 atom stereocenters. The first-order chi connectivity index (χ1) is 11.0. The number of hydrogen-bond acceptors (Lipinski definition) is 6. The van der Waals surface area contributed by atoms with Gasteiger partial charge >= 0.3 is 5.97 Å². The van der Waals surface area contributed by atoms with E-state index in [0.29, 0.717) is 5.69 Å². The summed E-state index contributed by atoms with van der Waals surface area (Å²) in [6, 6.07) is 7.33. The molecule has 0 bridgehead atoms. The molecule has 120 valence electrons. The maximum atomic E-state index is 12.1. The molecule has 2 aromatic rings. The van der Waals surface area contributed by atoms with Crippen LogP contribution in [-0.2, 0) is 9.53 Å². The Kier molecular flexibility index (Phi) is 5.24. The first kappa shape index (κ1) is 16.4. The number of rotatable bonds is 5. The highest BCUT2D eigenvalue weighted by molar-refractivity contribution is 5.96. The summed E-state index contributed by atoms with van der Waals surface area (Å²) in [5, 5.41) is 2.69. The maximum Gasteiger partial charge on any atom is 0.359 e. The van der Waals surface area contributed by atoms with Crippen molar-refractivity contribution in [1.82, 2.24) is 9.97 Å². The standard InChI is InChI=1S/C16H18N4O3/c1-11(23-16(22)14-10-17-8-9-18-14)15(21)19-12-4-6-13(7-5-12)20(2)3/h4-11H,1-3H3,(H,19,21)/t11-/m1/s1. The molecule has 23 heavy (non-hydrogen) atoms. The largest absolute Gasteiger partial charge is 0.448 e. The van der Waals surface area contributed by atoms with Gasteiger partial charge in [-0.05, 0) is 31.2 Å². The number of ether oxygens (including phenoxy) is 1. The molecule has 2 rings (SSSR count). The lowest BCUT2D eigenvalue weighted by Crippen LogP contribution is -2.30. The van der Waals surface area contributed by atoms with Crippen molar-refractivity contribution in [3.05, 3.63) is 48.5 Å². The quantitative estimate of drug-likeness (QED) is 0.846. The highest BCUT2D eigenvalue weighted by Crippen LogP contribution is 2.16. The molecule has 7 heteroatoms. The number of esters is 1. The molecule has 0 aliphatic heterocycles. The van der Waals surface area contributed by atoms with Crippen molar-refractivity contribution >= 4 is 23.3 Å². The van der Waals surface area contributed by atoms with Crippen molar-refractivity contribution in [1.29, 1.82) is 0 Å². The van der Waals surface area contributed by atoms with E-state index in [2.05, 4.69) is 15.3 Å². The van der Waals surface area contributed by atoms with Gasteiger partial charge in [0.15, 0.2) is 11.8 Å². The van der Waals surface area contributed by atoms with Crippen LogP contribution in [0, 0.1) is 0 Å². The normalized spacial score (nSPS) is 11.4. The van der Waals surface area contributed by atoms with Crippen LogP contribution in [0.2, 0.25) is 0 Å². The summed E-state index contributed by atoms with van der Waals surface area (Å²) >= 11 is 0. The van der Waals surface area contributed by atoms with Crippen molar-refractivity contribution in [3.8, 4) is 0 Å². The molecule has 0 aliphatic carbocycles. The lowest BCUT2D eigenvalue weighted by molar-refractivity contribution is -0.123. The molecule has 0 saturated heterocycles. The highest BCUT2D eigenvalue weighted by atomic mass is 16.5. The van der Waals surface area contributed by atoms with E-state index < -0.39 is 18.0 Å². The molecular weight excluding hydrogens is 296 g/mol. The number of benzene rings is 1. The van der Waals surface area contributed by atoms with Gasteiger partial charge in [-0.3, -0.25) is 9.78 Å². The van der Waals surface area contributed by atoms with Crippen molar-refractivity contribution in [3.63, 3.8) is 0 Å². The van der Waals surface area contributed by atoms with Crippen LogP contribution >= 0.6 is 0 Å². The van der Waals surface area contributed by atoms with Gasteiger partial charge in [-0.2, -0.15) is 0 Å². The number of hydrogen-bond donors (Lipinski definition) is 1. The van der Waals surface area contributed by atoms with Crippen molar-refractivity contribution < 1.29 is 14.3 Å². The van der Waals surface area contributed by atoms with E-state index in [0.717, 1.165) is 5.69 Å². The number of nitrogens with zero attached hydrogens (tertiary/aromatic N) is 3. The first-order valence-electron chi connectivity index (χ1n) is 7.02. The Morgan fingerprint density at radius 2 is 1.87 bits per heavy atom. The Balaban J connectivity index is 1.93. The summed E-state index contributed by atoms with van der Waals surface area (Å²) < 4.78 is 5.07. The Labute approximate surface area is 134 Å². The van der Waals surface area contributed by atoms with E-state index in [9.17, 15) is 9.59 Å². The molecule has 1 N–H and O–H groups in total. The summed E-state index contributed by atoms with van der Waals surface area (Å²) in [6.45, 7) is 1.50. The minimum Gasteiger partial charge on any atom is -0.448 e. The zero-order valence-electron chi connectivity index (χ0n) is 13.2. The zero-order valence-corrected chi connectivity index (χ0v) is 13.2. The second-order valence-corrected chi connectivity index (χ2v) is 5.07. The number of aromatic nitrogens is 2. The molecule has 0 unspecified atom stereocenters. The van der Waals surface area contributed by atoms with Crippen LogP contribution in [0.3, 0.4) is 0 Å². The monoisotopic (exact) mass is 314 g/mol. The lowest BCUT2D eigenvalue weighted by atomic mass is 10.2. The van der Waals surface area contributed by atoms with Crippen molar-refractivity contribution in [2.45, 2.75) is 13.0 Å². The maximum absolute atomic E-state index is 12.1. The zero-order chi connectivity index (χ0) is 16.8. The van der Waals surface area contributed by atoms with Gasteiger partial charge in [0.05, 0.1) is 6.20 Å². The van der Waals surface area contributed by atoms with Gasteiger partial charge in [-0.1, -0.05) is 0 Å². The van der Waals surface area contributed by atoms with Crippen LogP contribution in [0.5, 0.6) is 0 Å². The molecule has 0 radical (unpaired) electrons. The third kappa shape index (κ3) is 4.50. The van der Waals surface area contributed by atoms with Crippen LogP contribution in [0.15, 0.2) is 42.9 Å². The van der Waals surface area contributed by atoms with Crippen molar-refractivity contribution in [2.75, 3.05) is 24.3 Å². The van der Waals surface area contributed by atoms with E-state index in [1.165, 1.54) is 25.5 Å². The van der Waals surface area contributed by atoms with Crippen LogP contribution in [-0.4, -0.2) is 42.0 Å². The number of carbonyl (C=O) groups excluding carboxylic acids is 2. The van der Waals surface area contributed by atoms with Crippen LogP contribution in [0.1, 0.15) is 17.4 Å². The average Bonchev–Trinajstić information content (AvgIpc) is 2.56. The van der Waals surface area contributed by atoms with Crippen LogP contribution in [0.4, 0.5) is 11.4 Å². The highest BCUT2D eigenvalue weighted by Gasteiger charge is 2.19. The van der Waals surface area contributed by atoms with Crippen molar-refractivity contribution in [2.24, 2.45) is 0 Å². The minimum absolute atomic E-state index is 0.0579. The predicted molar refractivity (Wildman–Crippen MR) is 86.3 cm³/mol. The van der Waals surface area contributed by atoms with Gasteiger partial charge in [0, 0.05) is 37.9 Å². The van der Waals surface area contributed by atoms with E-state index >= 15 is 0 Å². The third-order valence-corrected chi connectivity index (χ3v) is 3.08. The van der Waals surface area contributed by atoms with Gasteiger partial charge in [0.25, 0.3) is 5.91 Å². The molecule has 0 saturated carbocycles. The van der Waals surface area contributed by atoms with Gasteiger partial charge in [-0.25, -0.2) is 9.78 Å². The summed E-state index contributed by atoms with van der Waals surface area (Å²) in [6.07, 6.45) is 3.17. The Bertz CT molecular complexity index is 671. The fourth-order valence-corrected chi connectivity index (χ4v) is 1.77. The topological polar surface area (TPSA) is 84.4 Å². The molecule has 0 aliphatic rings. The summed E-state index contributed by atoms with van der Waals surface area (Å²) in [7, 11) is 3.86. The third-order valence-electron chi connectivity index (χ3n) is 3.08. The Morgan fingerprint density at radius 1 is 1.17 bits per heavy atom. The summed E-state index contributed by atoms with van der Waals surface area (Å²) in [4.78, 5) is 33.4. The molecule has 1 heterocycles. The van der Waals surface area contributed by atoms with E-state index in [4.69, 9.17) is 4.74 Å². The van der Waals surface area contributed by atoms with E-state index in [1.54, 1.807) is 12.1 Å². The van der Waals surface area contributed by atoms with E-state index in [-0.39, 0.29) is 5.69 Å². The van der Waals surface area contributed by atoms with E-state index in [1.807, 2.05) is 31.1 Å². The fourth-order valence-electron chi connectivity index (χ4n) is 1.77. The Hall–Kier alpha value is -2.96. The number of nitrogens with one attached hydrogen (secondary N) is 1. The molecule has 7 nitrogen and oxygen atoms in total. The molecule has 1 aromatic carbocycles. The minimum atomic E-state index is -0.946. The fraction of sp³-hybridized carbons (Fsp3) is 0.250. The van der Waals surface area contributed by atoms with Gasteiger partial charge < -0.3 is 15.0 Å².